The highest BCUT2D eigenvalue weighted by Gasteiger charge is 2.34. The second-order valence-electron chi connectivity index (χ2n) is 9.72. The number of nitrogens with zero attached hydrogens (tertiary/aromatic N) is 5. The Hall–Kier alpha value is -3.46. The molecule has 0 unspecified atom stereocenters. The van der Waals surface area contributed by atoms with E-state index in [1.54, 1.807) is 11.0 Å². The van der Waals surface area contributed by atoms with Gasteiger partial charge in [-0.15, -0.1) is 0 Å². The molecule has 1 saturated heterocycles. The minimum Gasteiger partial charge on any atom is -0.383 e. The van der Waals surface area contributed by atoms with Crippen molar-refractivity contribution in [2.75, 3.05) is 38.2 Å². The summed E-state index contributed by atoms with van der Waals surface area (Å²) in [5.74, 6) is -0.430. The Morgan fingerprint density at radius 1 is 1.20 bits per heavy atom. The number of piperidine rings is 1. The maximum Gasteiger partial charge on any atom is 0.313 e. The third kappa shape index (κ3) is 5.45. The molecule has 9 nitrogen and oxygen atoms in total. The van der Waals surface area contributed by atoms with Gasteiger partial charge in [0.05, 0.1) is 36.2 Å². The number of hydrogen-bond acceptors (Lipinski definition) is 6. The number of fused-ring (bicyclic) bond motifs is 1. The van der Waals surface area contributed by atoms with E-state index in [-0.39, 0.29) is 6.04 Å². The van der Waals surface area contributed by atoms with E-state index < -0.39 is 11.8 Å². The number of aromatic nitrogens is 3. The van der Waals surface area contributed by atoms with Gasteiger partial charge >= 0.3 is 11.8 Å². The van der Waals surface area contributed by atoms with Crippen LogP contribution in [0.25, 0.3) is 10.9 Å². The number of aryl methyl sites for hydroxylation is 1. The first-order valence-electron chi connectivity index (χ1n) is 12.2. The van der Waals surface area contributed by atoms with Crippen LogP contribution in [0.4, 0.5) is 11.5 Å². The van der Waals surface area contributed by atoms with Crippen LogP contribution in [0.1, 0.15) is 43.9 Å². The lowest BCUT2D eigenvalue weighted by Crippen LogP contribution is -2.46. The predicted molar refractivity (Wildman–Crippen MR) is 138 cm³/mol. The molecule has 0 spiro atoms. The van der Waals surface area contributed by atoms with Crippen LogP contribution in [0.15, 0.2) is 36.7 Å². The molecule has 2 atom stereocenters. The summed E-state index contributed by atoms with van der Waals surface area (Å²) >= 11 is 0. The van der Waals surface area contributed by atoms with E-state index in [4.69, 9.17) is 5.73 Å². The SMILES string of the molecule is CCc1cc(NC(=O)C(=O)N2C[C@@H](C)CC[C@@H]2c2ccc3c(cnn3CCN(C)C)c2)cnc1N. The number of pyridine rings is 1. The number of carbonyl (C=O) groups excluding carboxylic acids is 2. The van der Waals surface area contributed by atoms with E-state index in [0.29, 0.717) is 30.4 Å². The van der Waals surface area contributed by atoms with Crippen LogP contribution in [0.2, 0.25) is 0 Å². The zero-order chi connectivity index (χ0) is 25.1. The normalized spacial score (nSPS) is 18.3. The molecule has 3 N–H and O–H groups in total. The maximum absolute atomic E-state index is 13.3. The number of nitrogen functional groups attached to an aromatic ring is 1. The van der Waals surface area contributed by atoms with Gasteiger partial charge in [-0.1, -0.05) is 19.9 Å². The molecule has 186 valence electrons. The molecule has 3 heterocycles. The van der Waals surface area contributed by atoms with Crippen molar-refractivity contribution in [1.29, 1.82) is 0 Å². The van der Waals surface area contributed by atoms with Crippen molar-refractivity contribution in [3.8, 4) is 0 Å². The Balaban J connectivity index is 1.55. The molecule has 0 radical (unpaired) electrons. The Bertz CT molecular complexity index is 1220. The standard InChI is InChI=1S/C26H35N7O2/c1-5-18-13-21(15-28-24(18)27)30-25(34)26(35)32-16-17(2)6-8-22(32)19-7-9-23-20(12-19)14-29-33(23)11-10-31(3)4/h7,9,12-15,17,22H,5-6,8,10-11,16H2,1-4H3,(H2,27,28)(H,30,34)/t17-,22+/m0/s1. The van der Waals surface area contributed by atoms with E-state index in [1.807, 2.05) is 31.9 Å². The lowest BCUT2D eigenvalue weighted by Gasteiger charge is -2.38. The first-order valence-corrected chi connectivity index (χ1v) is 12.2. The molecule has 1 fully saturated rings. The Morgan fingerprint density at radius 2 is 2.00 bits per heavy atom. The van der Waals surface area contributed by atoms with Crippen LogP contribution in [0.3, 0.4) is 0 Å². The number of likely N-dealkylation sites (N-methyl/N-ethyl adjacent to an activating group) is 1. The molecule has 0 saturated carbocycles. The van der Waals surface area contributed by atoms with Crippen molar-refractivity contribution in [2.45, 2.75) is 45.7 Å². The molecule has 4 rings (SSSR count). The quantitative estimate of drug-likeness (QED) is 0.528. The molecule has 2 aromatic heterocycles. The van der Waals surface area contributed by atoms with Crippen molar-refractivity contribution >= 4 is 34.2 Å². The maximum atomic E-state index is 13.3. The van der Waals surface area contributed by atoms with Gasteiger partial charge in [-0.25, -0.2) is 4.98 Å². The third-order valence-electron chi connectivity index (χ3n) is 6.72. The molecule has 35 heavy (non-hydrogen) atoms. The second kappa shape index (κ2) is 10.4. The molecule has 1 aromatic carbocycles. The number of likely N-dealkylation sites (tertiary alicyclic amines) is 1. The zero-order valence-corrected chi connectivity index (χ0v) is 21.0. The zero-order valence-electron chi connectivity index (χ0n) is 21.0. The highest BCUT2D eigenvalue weighted by molar-refractivity contribution is 6.39. The molecule has 1 aliphatic rings. The van der Waals surface area contributed by atoms with Gasteiger partial charge in [-0.05, 0) is 68.6 Å². The van der Waals surface area contributed by atoms with Crippen LogP contribution < -0.4 is 11.1 Å². The van der Waals surface area contributed by atoms with E-state index in [1.165, 1.54) is 6.20 Å². The van der Waals surface area contributed by atoms with Gasteiger partial charge in [0.25, 0.3) is 0 Å². The van der Waals surface area contributed by atoms with Crippen molar-refractivity contribution in [2.24, 2.45) is 5.92 Å². The monoisotopic (exact) mass is 477 g/mol. The van der Waals surface area contributed by atoms with Crippen molar-refractivity contribution in [1.82, 2.24) is 24.6 Å². The number of nitrogens with two attached hydrogens (primary N) is 1. The molecule has 1 aliphatic heterocycles. The summed E-state index contributed by atoms with van der Waals surface area (Å²) in [4.78, 5) is 34.2. The van der Waals surface area contributed by atoms with Gasteiger partial charge < -0.3 is 20.9 Å². The van der Waals surface area contributed by atoms with Gasteiger partial charge in [0.1, 0.15) is 5.82 Å². The largest absolute Gasteiger partial charge is 0.383 e. The molecular weight excluding hydrogens is 442 g/mol. The van der Waals surface area contributed by atoms with Gasteiger partial charge in [0.15, 0.2) is 0 Å². The van der Waals surface area contributed by atoms with E-state index >= 15 is 0 Å². The second-order valence-corrected chi connectivity index (χ2v) is 9.72. The molecule has 0 bridgehead atoms. The first-order chi connectivity index (χ1) is 16.8. The average Bonchev–Trinajstić information content (AvgIpc) is 3.25. The van der Waals surface area contributed by atoms with Gasteiger partial charge in [-0.3, -0.25) is 14.3 Å². The van der Waals surface area contributed by atoms with Gasteiger partial charge in [-0.2, -0.15) is 5.10 Å². The first kappa shape index (κ1) is 24.7. The summed E-state index contributed by atoms with van der Waals surface area (Å²) in [6.45, 7) is 6.33. The predicted octanol–water partition coefficient (Wildman–Crippen LogP) is 3.08. The number of nitrogens with one attached hydrogen (secondary N) is 1. The lowest BCUT2D eigenvalue weighted by molar-refractivity contribution is -0.146. The molecule has 2 amide bonds. The number of rotatable bonds is 6. The highest BCUT2D eigenvalue weighted by atomic mass is 16.2. The summed E-state index contributed by atoms with van der Waals surface area (Å²) in [7, 11) is 4.09. The summed E-state index contributed by atoms with van der Waals surface area (Å²) in [6, 6.07) is 7.85. The van der Waals surface area contributed by atoms with Crippen molar-refractivity contribution in [3.63, 3.8) is 0 Å². The fourth-order valence-electron chi connectivity index (χ4n) is 4.70. The van der Waals surface area contributed by atoms with Crippen LogP contribution >= 0.6 is 0 Å². The number of amides is 2. The van der Waals surface area contributed by atoms with E-state index in [2.05, 4.69) is 45.4 Å². The summed E-state index contributed by atoms with van der Waals surface area (Å²) < 4.78 is 2.00. The topological polar surface area (TPSA) is 109 Å². The van der Waals surface area contributed by atoms with E-state index in [0.717, 1.165) is 48.0 Å². The number of carbonyl (C=O) groups is 2. The summed E-state index contributed by atoms with van der Waals surface area (Å²) in [5.41, 5.74) is 9.27. The van der Waals surface area contributed by atoms with Crippen LogP contribution in [0, 0.1) is 5.92 Å². The number of benzene rings is 1. The number of anilines is 2. The van der Waals surface area contributed by atoms with Crippen LogP contribution in [0.5, 0.6) is 0 Å². The Kier molecular flexibility index (Phi) is 7.35. The number of hydrogen-bond donors (Lipinski definition) is 2. The summed E-state index contributed by atoms with van der Waals surface area (Å²) in [6.07, 6.45) is 5.86. The van der Waals surface area contributed by atoms with E-state index in [9.17, 15) is 9.59 Å². The molecule has 9 heteroatoms. The molecule has 0 aliphatic carbocycles. The van der Waals surface area contributed by atoms with Gasteiger partial charge in [0, 0.05) is 18.5 Å². The fraction of sp³-hybridized carbons (Fsp3) is 0.462. The third-order valence-corrected chi connectivity index (χ3v) is 6.72. The minimum absolute atomic E-state index is 0.158. The lowest BCUT2D eigenvalue weighted by atomic mass is 9.89. The summed E-state index contributed by atoms with van der Waals surface area (Å²) in [5, 5.41) is 8.30. The van der Waals surface area contributed by atoms with Crippen LogP contribution in [-0.2, 0) is 22.6 Å². The fourth-order valence-corrected chi connectivity index (χ4v) is 4.70. The van der Waals surface area contributed by atoms with Gasteiger partial charge in [0.2, 0.25) is 0 Å². The van der Waals surface area contributed by atoms with Crippen molar-refractivity contribution < 1.29 is 9.59 Å². The Morgan fingerprint density at radius 3 is 2.74 bits per heavy atom. The molecule has 3 aromatic rings. The van der Waals surface area contributed by atoms with Crippen molar-refractivity contribution in [3.05, 3.63) is 47.8 Å². The highest BCUT2D eigenvalue weighted by Crippen LogP contribution is 2.35. The molecular formula is C26H35N7O2. The van der Waals surface area contributed by atoms with Crippen LogP contribution in [-0.4, -0.2) is 63.6 Å². The Labute approximate surface area is 206 Å². The minimum atomic E-state index is -0.657. The smallest absolute Gasteiger partial charge is 0.313 e. The average molecular weight is 478 g/mol.